The second-order valence-corrected chi connectivity index (χ2v) is 5.21. The molecule has 5 nitrogen and oxygen atoms in total. The molecule has 2 atom stereocenters. The van der Waals surface area contributed by atoms with E-state index in [9.17, 15) is 5.26 Å². The molecule has 0 bridgehead atoms. The van der Waals surface area contributed by atoms with Crippen molar-refractivity contribution in [3.63, 3.8) is 0 Å². The molecule has 114 valence electrons. The maximum Gasteiger partial charge on any atom is 0.136 e. The fourth-order valence-corrected chi connectivity index (χ4v) is 2.79. The van der Waals surface area contributed by atoms with E-state index in [0.717, 1.165) is 31.8 Å². The molecule has 21 heavy (non-hydrogen) atoms. The van der Waals surface area contributed by atoms with Gasteiger partial charge in [-0.05, 0) is 31.3 Å². The van der Waals surface area contributed by atoms with Gasteiger partial charge in [0.2, 0.25) is 0 Å². The van der Waals surface area contributed by atoms with Gasteiger partial charge in [0.05, 0.1) is 31.4 Å². The average molecular weight is 289 g/mol. The normalized spacial score (nSPS) is 22.8. The molecule has 2 rings (SSSR count). The lowest BCUT2D eigenvalue weighted by molar-refractivity contribution is -0.0611. The van der Waals surface area contributed by atoms with Gasteiger partial charge in [-0.25, -0.2) is 0 Å². The predicted octanol–water partition coefficient (Wildman–Crippen LogP) is 1.55. The zero-order valence-corrected chi connectivity index (χ0v) is 12.9. The number of methoxy groups -OCH3 is 1. The van der Waals surface area contributed by atoms with Gasteiger partial charge in [0.25, 0.3) is 0 Å². The molecule has 0 saturated carbocycles. The molecule has 1 aliphatic rings. The molecule has 1 saturated heterocycles. The summed E-state index contributed by atoms with van der Waals surface area (Å²) >= 11 is 0. The summed E-state index contributed by atoms with van der Waals surface area (Å²) in [5.41, 5.74) is 1.66. The van der Waals surface area contributed by atoms with Crippen LogP contribution in [0.5, 0.6) is 5.75 Å². The van der Waals surface area contributed by atoms with Crippen LogP contribution in [0.25, 0.3) is 0 Å². The fourth-order valence-electron chi connectivity index (χ4n) is 2.79. The summed E-state index contributed by atoms with van der Waals surface area (Å²) in [5.74, 6) is 0.615. The Labute approximate surface area is 126 Å². The van der Waals surface area contributed by atoms with Crippen molar-refractivity contribution >= 4 is 0 Å². The Balaban J connectivity index is 2.29. The van der Waals surface area contributed by atoms with Crippen LogP contribution in [0.4, 0.5) is 0 Å². The standard InChI is InChI=1S/C16H23N3O2/c1-4-18-11-15-16(19(2)7-8-21-15)12-5-6-14(20-3)13(9-12)10-17/h5-6,9,15-16,18H,4,7-8,11H2,1-3H3. The first-order valence-electron chi connectivity index (χ1n) is 7.31. The SMILES string of the molecule is CCNCC1OCCN(C)C1c1ccc(OC)c(C#N)c1. The van der Waals surface area contributed by atoms with Gasteiger partial charge >= 0.3 is 0 Å². The van der Waals surface area contributed by atoms with E-state index in [1.54, 1.807) is 7.11 Å². The van der Waals surface area contributed by atoms with Crippen LogP contribution in [-0.2, 0) is 4.74 Å². The van der Waals surface area contributed by atoms with Crippen LogP contribution in [0, 0.1) is 11.3 Å². The number of hydrogen-bond acceptors (Lipinski definition) is 5. The van der Waals surface area contributed by atoms with E-state index in [4.69, 9.17) is 9.47 Å². The van der Waals surface area contributed by atoms with Crippen LogP contribution in [0.2, 0.25) is 0 Å². The van der Waals surface area contributed by atoms with Gasteiger partial charge in [-0.3, -0.25) is 4.90 Å². The Hall–Kier alpha value is -1.61. The van der Waals surface area contributed by atoms with Crippen molar-refractivity contribution in [3.8, 4) is 11.8 Å². The Bertz CT molecular complexity index is 513. The number of benzene rings is 1. The molecule has 0 spiro atoms. The largest absolute Gasteiger partial charge is 0.495 e. The highest BCUT2D eigenvalue weighted by molar-refractivity contribution is 5.46. The van der Waals surface area contributed by atoms with Gasteiger partial charge < -0.3 is 14.8 Å². The number of ether oxygens (including phenoxy) is 2. The minimum absolute atomic E-state index is 0.0867. The lowest BCUT2D eigenvalue weighted by Gasteiger charge is -2.39. The monoisotopic (exact) mass is 289 g/mol. The van der Waals surface area contributed by atoms with Crippen molar-refractivity contribution < 1.29 is 9.47 Å². The van der Waals surface area contributed by atoms with Gasteiger partial charge in [-0.1, -0.05) is 13.0 Å². The molecule has 1 heterocycles. The highest BCUT2D eigenvalue weighted by Crippen LogP contribution is 2.31. The molecular formula is C16H23N3O2. The maximum absolute atomic E-state index is 9.26. The van der Waals surface area contributed by atoms with E-state index in [0.29, 0.717) is 11.3 Å². The van der Waals surface area contributed by atoms with Crippen LogP contribution < -0.4 is 10.1 Å². The van der Waals surface area contributed by atoms with Crippen molar-refractivity contribution in [2.75, 3.05) is 40.4 Å². The molecule has 5 heteroatoms. The molecule has 1 aromatic rings. The second kappa shape index (κ2) is 7.41. The van der Waals surface area contributed by atoms with Crippen LogP contribution in [0.15, 0.2) is 18.2 Å². The Kier molecular flexibility index (Phi) is 5.57. The number of rotatable bonds is 5. The first-order chi connectivity index (χ1) is 10.2. The van der Waals surface area contributed by atoms with Crippen molar-refractivity contribution in [2.45, 2.75) is 19.1 Å². The topological polar surface area (TPSA) is 57.5 Å². The summed E-state index contributed by atoms with van der Waals surface area (Å²) in [4.78, 5) is 2.29. The second-order valence-electron chi connectivity index (χ2n) is 5.21. The van der Waals surface area contributed by atoms with Crippen LogP contribution >= 0.6 is 0 Å². The summed E-state index contributed by atoms with van der Waals surface area (Å²) in [6.07, 6.45) is 0.0867. The van der Waals surface area contributed by atoms with Crippen molar-refractivity contribution in [2.24, 2.45) is 0 Å². The molecule has 0 radical (unpaired) electrons. The lowest BCUT2D eigenvalue weighted by Crippen LogP contribution is -2.47. The Morgan fingerprint density at radius 1 is 1.52 bits per heavy atom. The van der Waals surface area contributed by atoms with E-state index in [1.165, 1.54) is 0 Å². The Morgan fingerprint density at radius 3 is 3.00 bits per heavy atom. The molecule has 1 fully saturated rings. The Morgan fingerprint density at radius 2 is 2.33 bits per heavy atom. The number of likely N-dealkylation sites (N-methyl/N-ethyl adjacent to an activating group) is 2. The highest BCUT2D eigenvalue weighted by atomic mass is 16.5. The maximum atomic E-state index is 9.26. The molecule has 1 aromatic carbocycles. The highest BCUT2D eigenvalue weighted by Gasteiger charge is 2.31. The van der Waals surface area contributed by atoms with Gasteiger partial charge in [-0.15, -0.1) is 0 Å². The molecular weight excluding hydrogens is 266 g/mol. The summed E-state index contributed by atoms with van der Waals surface area (Å²) in [6, 6.07) is 8.14. The third kappa shape index (κ3) is 3.53. The van der Waals surface area contributed by atoms with E-state index in [2.05, 4.69) is 30.3 Å². The summed E-state index contributed by atoms with van der Waals surface area (Å²) in [6.45, 7) is 5.44. The zero-order valence-electron chi connectivity index (χ0n) is 12.9. The fraction of sp³-hybridized carbons (Fsp3) is 0.562. The molecule has 1 aliphatic heterocycles. The van der Waals surface area contributed by atoms with E-state index in [1.807, 2.05) is 18.2 Å². The van der Waals surface area contributed by atoms with E-state index in [-0.39, 0.29) is 12.1 Å². The molecule has 0 amide bonds. The smallest absolute Gasteiger partial charge is 0.136 e. The van der Waals surface area contributed by atoms with E-state index < -0.39 is 0 Å². The van der Waals surface area contributed by atoms with Crippen LogP contribution in [0.1, 0.15) is 24.1 Å². The van der Waals surface area contributed by atoms with Crippen molar-refractivity contribution in [3.05, 3.63) is 29.3 Å². The summed E-state index contributed by atoms with van der Waals surface area (Å²) in [5, 5.41) is 12.6. The lowest BCUT2D eigenvalue weighted by atomic mass is 9.96. The quantitative estimate of drug-likeness (QED) is 0.891. The third-order valence-electron chi connectivity index (χ3n) is 3.88. The number of hydrogen-bond donors (Lipinski definition) is 1. The van der Waals surface area contributed by atoms with Crippen molar-refractivity contribution in [1.82, 2.24) is 10.2 Å². The minimum Gasteiger partial charge on any atom is -0.495 e. The average Bonchev–Trinajstić information content (AvgIpc) is 2.52. The first kappa shape index (κ1) is 15.8. The van der Waals surface area contributed by atoms with E-state index >= 15 is 0 Å². The van der Waals surface area contributed by atoms with Gasteiger partial charge in [0, 0.05) is 13.1 Å². The van der Waals surface area contributed by atoms with Gasteiger partial charge in [-0.2, -0.15) is 5.26 Å². The number of nitriles is 1. The van der Waals surface area contributed by atoms with Gasteiger partial charge in [0.15, 0.2) is 0 Å². The van der Waals surface area contributed by atoms with Gasteiger partial charge in [0.1, 0.15) is 11.8 Å². The predicted molar refractivity (Wildman–Crippen MR) is 81.4 cm³/mol. The third-order valence-corrected chi connectivity index (χ3v) is 3.88. The zero-order chi connectivity index (χ0) is 15.2. The number of morpholine rings is 1. The van der Waals surface area contributed by atoms with Crippen LogP contribution in [-0.4, -0.2) is 51.4 Å². The molecule has 2 unspecified atom stereocenters. The molecule has 1 N–H and O–H groups in total. The summed E-state index contributed by atoms with van der Waals surface area (Å²) < 4.78 is 11.1. The first-order valence-corrected chi connectivity index (χ1v) is 7.31. The minimum atomic E-state index is 0.0867. The van der Waals surface area contributed by atoms with Crippen LogP contribution in [0.3, 0.4) is 0 Å². The number of nitrogens with zero attached hydrogens (tertiary/aromatic N) is 2. The molecule has 0 aromatic heterocycles. The number of nitrogens with one attached hydrogen (secondary N) is 1. The summed E-state index contributed by atoms with van der Waals surface area (Å²) in [7, 11) is 3.68. The van der Waals surface area contributed by atoms with Crippen molar-refractivity contribution in [1.29, 1.82) is 5.26 Å². The molecule has 0 aliphatic carbocycles.